The highest BCUT2D eigenvalue weighted by Crippen LogP contribution is 2.26. The van der Waals surface area contributed by atoms with Crippen LogP contribution in [-0.4, -0.2) is 46.7 Å². The number of fused-ring (bicyclic) bond motifs is 1. The van der Waals surface area contributed by atoms with Crippen LogP contribution >= 0.6 is 0 Å². The van der Waals surface area contributed by atoms with Gasteiger partial charge in [-0.15, -0.1) is 0 Å². The lowest BCUT2D eigenvalue weighted by Crippen LogP contribution is -2.32. The van der Waals surface area contributed by atoms with Crippen molar-refractivity contribution in [1.29, 1.82) is 0 Å². The maximum Gasteiger partial charge on any atom is 0.335 e. The molecule has 1 aliphatic heterocycles. The zero-order valence-electron chi connectivity index (χ0n) is 15.1. The number of hydrogen-bond donors (Lipinski definition) is 1. The van der Waals surface area contributed by atoms with Crippen LogP contribution in [0.3, 0.4) is 0 Å². The molecule has 0 atom stereocenters. The second-order valence-electron chi connectivity index (χ2n) is 7.24. The Hall–Kier alpha value is -2.19. The van der Waals surface area contributed by atoms with Gasteiger partial charge in [-0.25, -0.2) is 17.9 Å². The normalized spacial score (nSPS) is 18.2. The fourth-order valence-corrected chi connectivity index (χ4v) is 5.44. The highest BCUT2D eigenvalue weighted by molar-refractivity contribution is 7.89. The molecular formula is C19H23N3O4S. The summed E-state index contributed by atoms with van der Waals surface area (Å²) < 4.78 is 29.4. The van der Waals surface area contributed by atoms with Gasteiger partial charge >= 0.3 is 5.97 Å². The van der Waals surface area contributed by atoms with Crippen LogP contribution in [0.25, 0.3) is 5.69 Å². The van der Waals surface area contributed by atoms with Crippen LogP contribution in [0.2, 0.25) is 0 Å². The van der Waals surface area contributed by atoms with Crippen molar-refractivity contribution < 1.29 is 18.3 Å². The Bertz CT molecular complexity index is 951. The molecule has 0 spiro atoms. The fourth-order valence-electron chi connectivity index (χ4n) is 3.86. The number of carboxylic acids is 1. The molecule has 1 aromatic carbocycles. The molecular weight excluding hydrogens is 366 g/mol. The highest BCUT2D eigenvalue weighted by Gasteiger charge is 2.27. The first kappa shape index (κ1) is 18.2. The van der Waals surface area contributed by atoms with Gasteiger partial charge in [-0.05, 0) is 55.9 Å². The zero-order chi connectivity index (χ0) is 19.0. The van der Waals surface area contributed by atoms with Gasteiger partial charge in [0.15, 0.2) is 0 Å². The third-order valence-corrected chi connectivity index (χ3v) is 7.22. The summed E-state index contributed by atoms with van der Waals surface area (Å²) in [5.41, 5.74) is 2.58. The lowest BCUT2D eigenvalue weighted by molar-refractivity contribution is 0.0696. The van der Waals surface area contributed by atoms with Crippen molar-refractivity contribution in [2.24, 2.45) is 0 Å². The number of aromatic carboxylic acids is 1. The van der Waals surface area contributed by atoms with Gasteiger partial charge in [0.2, 0.25) is 10.0 Å². The summed E-state index contributed by atoms with van der Waals surface area (Å²) in [5, 5.41) is 14.0. The molecule has 0 unspecified atom stereocenters. The Morgan fingerprint density at radius 3 is 2.41 bits per heavy atom. The van der Waals surface area contributed by atoms with E-state index in [0.717, 1.165) is 56.2 Å². The molecule has 1 fully saturated rings. The molecule has 1 aliphatic carbocycles. The molecule has 1 N–H and O–H groups in total. The minimum atomic E-state index is -3.74. The van der Waals surface area contributed by atoms with Crippen molar-refractivity contribution in [3.63, 3.8) is 0 Å². The summed E-state index contributed by atoms with van der Waals surface area (Å²) >= 11 is 0. The van der Waals surface area contributed by atoms with Crippen LogP contribution in [0, 0.1) is 0 Å². The SMILES string of the molecule is O=C(O)c1cc(-n2cc3c(n2)CCC3)cc(S(=O)(=O)N2CCCCCC2)c1. The Balaban J connectivity index is 1.77. The largest absolute Gasteiger partial charge is 0.478 e. The molecule has 2 aromatic rings. The number of aryl methyl sites for hydroxylation is 2. The minimum Gasteiger partial charge on any atom is -0.478 e. The summed E-state index contributed by atoms with van der Waals surface area (Å²) in [5.74, 6) is -1.15. The van der Waals surface area contributed by atoms with Crippen LogP contribution in [0.5, 0.6) is 0 Å². The van der Waals surface area contributed by atoms with Crippen molar-refractivity contribution in [1.82, 2.24) is 14.1 Å². The van der Waals surface area contributed by atoms with E-state index in [2.05, 4.69) is 5.10 Å². The lowest BCUT2D eigenvalue weighted by Gasteiger charge is -2.20. The summed E-state index contributed by atoms with van der Waals surface area (Å²) in [4.78, 5) is 11.6. The summed E-state index contributed by atoms with van der Waals surface area (Å²) in [7, 11) is -3.74. The van der Waals surface area contributed by atoms with E-state index in [1.807, 2.05) is 6.20 Å². The molecule has 4 rings (SSSR count). The van der Waals surface area contributed by atoms with Crippen LogP contribution in [-0.2, 0) is 22.9 Å². The quantitative estimate of drug-likeness (QED) is 0.868. The van der Waals surface area contributed by atoms with E-state index in [4.69, 9.17) is 0 Å². The van der Waals surface area contributed by atoms with Gasteiger partial charge in [0.05, 0.1) is 21.8 Å². The molecule has 27 heavy (non-hydrogen) atoms. The minimum absolute atomic E-state index is 0.0231. The molecule has 0 radical (unpaired) electrons. The average Bonchev–Trinajstić information content (AvgIpc) is 3.13. The van der Waals surface area contributed by atoms with Crippen molar-refractivity contribution in [2.45, 2.75) is 49.8 Å². The van der Waals surface area contributed by atoms with E-state index < -0.39 is 16.0 Å². The number of nitrogens with zero attached hydrogens (tertiary/aromatic N) is 3. The Morgan fingerprint density at radius 1 is 1.00 bits per heavy atom. The number of benzene rings is 1. The molecule has 144 valence electrons. The molecule has 7 nitrogen and oxygen atoms in total. The van der Waals surface area contributed by atoms with Gasteiger partial charge in [-0.3, -0.25) is 0 Å². The third kappa shape index (κ3) is 3.51. The van der Waals surface area contributed by atoms with Gasteiger partial charge in [0.1, 0.15) is 0 Å². The summed E-state index contributed by atoms with van der Waals surface area (Å²) in [6, 6.07) is 4.27. The van der Waals surface area contributed by atoms with Crippen LogP contribution < -0.4 is 0 Å². The van der Waals surface area contributed by atoms with E-state index >= 15 is 0 Å². The number of hydrogen-bond acceptors (Lipinski definition) is 4. The van der Waals surface area contributed by atoms with Crippen molar-refractivity contribution in [3.8, 4) is 5.69 Å². The molecule has 0 bridgehead atoms. The van der Waals surface area contributed by atoms with E-state index in [9.17, 15) is 18.3 Å². The topological polar surface area (TPSA) is 92.5 Å². The fraction of sp³-hybridized carbons (Fsp3) is 0.474. The van der Waals surface area contributed by atoms with E-state index in [1.54, 1.807) is 4.68 Å². The molecule has 8 heteroatoms. The first-order valence-electron chi connectivity index (χ1n) is 9.41. The van der Waals surface area contributed by atoms with Crippen LogP contribution in [0.15, 0.2) is 29.3 Å². The molecule has 0 amide bonds. The number of sulfonamides is 1. The molecule has 2 heterocycles. The predicted molar refractivity (Wildman–Crippen MR) is 99.8 cm³/mol. The van der Waals surface area contributed by atoms with Crippen LogP contribution in [0.1, 0.15) is 53.7 Å². The third-order valence-electron chi connectivity index (χ3n) is 5.34. The monoisotopic (exact) mass is 389 g/mol. The smallest absolute Gasteiger partial charge is 0.335 e. The second kappa shape index (κ2) is 7.09. The van der Waals surface area contributed by atoms with Crippen LogP contribution in [0.4, 0.5) is 0 Å². The maximum absolute atomic E-state index is 13.1. The lowest BCUT2D eigenvalue weighted by atomic mass is 10.2. The number of carboxylic acid groups (broad SMARTS) is 1. The number of rotatable bonds is 4. The second-order valence-corrected chi connectivity index (χ2v) is 9.18. The summed E-state index contributed by atoms with van der Waals surface area (Å²) in [6.45, 7) is 0.954. The van der Waals surface area contributed by atoms with Gasteiger partial charge in [-0.2, -0.15) is 9.40 Å². The molecule has 2 aliphatic rings. The van der Waals surface area contributed by atoms with E-state index in [0.29, 0.717) is 18.8 Å². The van der Waals surface area contributed by atoms with Gasteiger partial charge < -0.3 is 5.11 Å². The molecule has 1 aromatic heterocycles. The number of carbonyl (C=O) groups is 1. The first-order valence-corrected chi connectivity index (χ1v) is 10.9. The first-order chi connectivity index (χ1) is 12.9. The zero-order valence-corrected chi connectivity index (χ0v) is 15.9. The molecule has 1 saturated heterocycles. The highest BCUT2D eigenvalue weighted by atomic mass is 32.2. The van der Waals surface area contributed by atoms with Crippen molar-refractivity contribution in [3.05, 3.63) is 41.2 Å². The Kier molecular flexibility index (Phi) is 4.77. The molecule has 0 saturated carbocycles. The summed E-state index contributed by atoms with van der Waals surface area (Å²) in [6.07, 6.45) is 8.50. The van der Waals surface area contributed by atoms with Gasteiger partial charge in [-0.1, -0.05) is 12.8 Å². The number of aromatic nitrogens is 2. The van der Waals surface area contributed by atoms with Crippen molar-refractivity contribution in [2.75, 3.05) is 13.1 Å². The average molecular weight is 389 g/mol. The van der Waals surface area contributed by atoms with Gasteiger partial charge in [0, 0.05) is 19.3 Å². The Morgan fingerprint density at radius 2 is 1.74 bits per heavy atom. The van der Waals surface area contributed by atoms with E-state index in [1.165, 1.54) is 22.5 Å². The Labute approximate surface area is 158 Å². The maximum atomic E-state index is 13.1. The van der Waals surface area contributed by atoms with Crippen molar-refractivity contribution >= 4 is 16.0 Å². The van der Waals surface area contributed by atoms with Gasteiger partial charge in [0.25, 0.3) is 0 Å². The standard InChI is InChI=1S/C19H23N3O4S/c23-19(24)15-10-16(22-13-14-6-5-7-18(14)20-22)12-17(11-15)27(25,26)21-8-3-1-2-4-9-21/h10-13H,1-9H2,(H,23,24). The van der Waals surface area contributed by atoms with E-state index in [-0.39, 0.29) is 10.5 Å². The predicted octanol–water partition coefficient (Wildman–Crippen LogP) is 2.62.